The summed E-state index contributed by atoms with van der Waals surface area (Å²) in [6, 6.07) is -0.185. The minimum Gasteiger partial charge on any atom is -0.338 e. The van der Waals surface area contributed by atoms with Gasteiger partial charge in [-0.3, -0.25) is 4.68 Å². The third-order valence-corrected chi connectivity index (χ3v) is 1.83. The van der Waals surface area contributed by atoms with Gasteiger partial charge in [0.05, 0.1) is 11.4 Å². The van der Waals surface area contributed by atoms with Crippen molar-refractivity contribution in [1.29, 1.82) is 0 Å². The number of carbonyl (C=O) groups is 1. The highest BCUT2D eigenvalue weighted by Crippen LogP contribution is 2.12. The lowest BCUT2D eigenvalue weighted by molar-refractivity contribution is 0.252. The van der Waals surface area contributed by atoms with Gasteiger partial charge in [-0.05, 0) is 13.3 Å². The van der Waals surface area contributed by atoms with Crippen molar-refractivity contribution in [2.24, 2.45) is 7.05 Å². The Labute approximate surface area is 83.5 Å². The fraction of sp³-hybridized carbons (Fsp3) is 0.556. The Morgan fingerprint density at radius 1 is 1.57 bits per heavy atom. The number of rotatable bonds is 3. The molecular formula is C9H16N4O. The number of hydrogen-bond donors (Lipinski definition) is 2. The summed E-state index contributed by atoms with van der Waals surface area (Å²) in [6.45, 7) is 4.50. The van der Waals surface area contributed by atoms with Gasteiger partial charge in [0, 0.05) is 19.8 Å². The molecule has 2 amide bonds. The van der Waals surface area contributed by atoms with Gasteiger partial charge < -0.3 is 10.6 Å². The minimum absolute atomic E-state index is 0.185. The molecule has 0 aromatic carbocycles. The Morgan fingerprint density at radius 2 is 2.29 bits per heavy atom. The highest BCUT2D eigenvalue weighted by molar-refractivity contribution is 5.89. The molecule has 0 aliphatic rings. The predicted molar refractivity (Wildman–Crippen MR) is 55.3 cm³/mol. The van der Waals surface area contributed by atoms with Gasteiger partial charge in [-0.15, -0.1) is 0 Å². The number of nitrogens with one attached hydrogen (secondary N) is 2. The number of aryl methyl sites for hydroxylation is 2. The molecule has 0 aliphatic heterocycles. The van der Waals surface area contributed by atoms with Crippen molar-refractivity contribution in [3.05, 3.63) is 11.9 Å². The Morgan fingerprint density at radius 3 is 2.86 bits per heavy atom. The van der Waals surface area contributed by atoms with E-state index in [-0.39, 0.29) is 6.03 Å². The fourth-order valence-corrected chi connectivity index (χ4v) is 1.23. The third-order valence-electron chi connectivity index (χ3n) is 1.83. The molecule has 0 unspecified atom stereocenters. The molecular weight excluding hydrogens is 180 g/mol. The van der Waals surface area contributed by atoms with Crippen molar-refractivity contribution in [2.75, 3.05) is 11.9 Å². The van der Waals surface area contributed by atoms with Crippen LogP contribution >= 0.6 is 0 Å². The van der Waals surface area contributed by atoms with E-state index in [1.54, 1.807) is 10.9 Å². The average Bonchev–Trinajstić information content (AvgIpc) is 2.46. The van der Waals surface area contributed by atoms with Crippen LogP contribution in [0.4, 0.5) is 10.5 Å². The molecule has 0 atom stereocenters. The number of hydrogen-bond acceptors (Lipinski definition) is 2. The lowest BCUT2D eigenvalue weighted by Gasteiger charge is -2.03. The third kappa shape index (κ3) is 2.48. The first-order chi connectivity index (χ1) is 6.67. The van der Waals surface area contributed by atoms with Crippen LogP contribution < -0.4 is 10.6 Å². The van der Waals surface area contributed by atoms with Gasteiger partial charge >= 0.3 is 6.03 Å². The zero-order chi connectivity index (χ0) is 10.6. The highest BCUT2D eigenvalue weighted by Gasteiger charge is 2.07. The van der Waals surface area contributed by atoms with Gasteiger partial charge in [0.2, 0.25) is 0 Å². The van der Waals surface area contributed by atoms with Crippen LogP contribution in [0.15, 0.2) is 6.20 Å². The first kappa shape index (κ1) is 10.6. The van der Waals surface area contributed by atoms with E-state index < -0.39 is 0 Å². The molecule has 1 aromatic rings. The van der Waals surface area contributed by atoms with Gasteiger partial charge in [-0.1, -0.05) is 6.92 Å². The van der Waals surface area contributed by atoms with Crippen LogP contribution in [0, 0.1) is 0 Å². The number of urea groups is 1. The zero-order valence-electron chi connectivity index (χ0n) is 8.79. The normalized spacial score (nSPS) is 9.93. The molecule has 0 aliphatic carbocycles. The topological polar surface area (TPSA) is 59.0 Å². The van der Waals surface area contributed by atoms with Gasteiger partial charge in [-0.2, -0.15) is 5.10 Å². The van der Waals surface area contributed by atoms with Gasteiger partial charge in [0.15, 0.2) is 0 Å². The molecule has 5 nitrogen and oxygen atoms in total. The van der Waals surface area contributed by atoms with E-state index in [1.807, 2.05) is 20.9 Å². The van der Waals surface area contributed by atoms with Crippen LogP contribution in [0.3, 0.4) is 0 Å². The number of aromatic nitrogens is 2. The molecule has 78 valence electrons. The maximum atomic E-state index is 11.2. The summed E-state index contributed by atoms with van der Waals surface area (Å²) in [6.07, 6.45) is 2.61. The Kier molecular flexibility index (Phi) is 3.50. The monoisotopic (exact) mass is 196 g/mol. The van der Waals surface area contributed by atoms with Crippen molar-refractivity contribution in [1.82, 2.24) is 15.1 Å². The second-order valence-corrected chi connectivity index (χ2v) is 3.00. The second kappa shape index (κ2) is 4.64. The second-order valence-electron chi connectivity index (χ2n) is 3.00. The zero-order valence-corrected chi connectivity index (χ0v) is 8.79. The van der Waals surface area contributed by atoms with E-state index in [4.69, 9.17) is 0 Å². The average molecular weight is 196 g/mol. The molecule has 5 heteroatoms. The first-order valence-electron chi connectivity index (χ1n) is 4.74. The van der Waals surface area contributed by atoms with Gasteiger partial charge in [-0.25, -0.2) is 4.79 Å². The van der Waals surface area contributed by atoms with Crippen LogP contribution in [-0.4, -0.2) is 22.4 Å². The summed E-state index contributed by atoms with van der Waals surface area (Å²) in [5, 5.41) is 9.63. The van der Waals surface area contributed by atoms with Gasteiger partial charge in [0.25, 0.3) is 0 Å². The minimum atomic E-state index is -0.185. The number of carbonyl (C=O) groups excluding carboxylic acids is 1. The largest absolute Gasteiger partial charge is 0.338 e. The van der Waals surface area contributed by atoms with Crippen LogP contribution in [-0.2, 0) is 13.5 Å². The SMILES string of the molecule is CCNC(=O)Nc1cn(C)nc1CC. The lowest BCUT2D eigenvalue weighted by Crippen LogP contribution is -2.28. The quantitative estimate of drug-likeness (QED) is 0.761. The smallest absolute Gasteiger partial charge is 0.319 e. The van der Waals surface area contributed by atoms with E-state index in [2.05, 4.69) is 15.7 Å². The summed E-state index contributed by atoms with van der Waals surface area (Å²) < 4.78 is 1.69. The van der Waals surface area contributed by atoms with Crippen molar-refractivity contribution >= 4 is 11.7 Å². The van der Waals surface area contributed by atoms with Crippen molar-refractivity contribution in [2.45, 2.75) is 20.3 Å². The molecule has 2 N–H and O–H groups in total. The van der Waals surface area contributed by atoms with Gasteiger partial charge in [0.1, 0.15) is 0 Å². The Hall–Kier alpha value is -1.52. The van der Waals surface area contributed by atoms with Crippen molar-refractivity contribution in [3.63, 3.8) is 0 Å². The molecule has 0 saturated heterocycles. The van der Waals surface area contributed by atoms with Crippen LogP contribution in [0.1, 0.15) is 19.5 Å². The summed E-state index contributed by atoms with van der Waals surface area (Å²) in [5.41, 5.74) is 1.68. The molecule has 1 heterocycles. The van der Waals surface area contributed by atoms with Crippen LogP contribution in [0.2, 0.25) is 0 Å². The summed E-state index contributed by atoms with van der Waals surface area (Å²) in [5.74, 6) is 0. The standard InChI is InChI=1S/C9H16N4O/c1-4-7-8(6-13(3)12-7)11-9(14)10-5-2/h6H,4-5H2,1-3H3,(H2,10,11,14). The first-order valence-corrected chi connectivity index (χ1v) is 4.74. The Balaban J connectivity index is 2.70. The lowest BCUT2D eigenvalue weighted by atomic mass is 10.3. The summed E-state index contributed by atoms with van der Waals surface area (Å²) in [4.78, 5) is 11.2. The molecule has 0 saturated carbocycles. The maximum Gasteiger partial charge on any atom is 0.319 e. The number of anilines is 1. The van der Waals surface area contributed by atoms with E-state index in [0.29, 0.717) is 6.54 Å². The molecule has 0 fully saturated rings. The summed E-state index contributed by atoms with van der Waals surface area (Å²) in [7, 11) is 1.84. The van der Waals surface area contributed by atoms with E-state index in [1.165, 1.54) is 0 Å². The predicted octanol–water partition coefficient (Wildman–Crippen LogP) is 1.12. The summed E-state index contributed by atoms with van der Waals surface area (Å²) >= 11 is 0. The van der Waals surface area contributed by atoms with Crippen LogP contribution in [0.25, 0.3) is 0 Å². The fourth-order valence-electron chi connectivity index (χ4n) is 1.23. The van der Waals surface area contributed by atoms with E-state index >= 15 is 0 Å². The maximum absolute atomic E-state index is 11.2. The molecule has 1 rings (SSSR count). The molecule has 0 bridgehead atoms. The van der Waals surface area contributed by atoms with E-state index in [0.717, 1.165) is 17.8 Å². The Bertz CT molecular complexity index is 319. The highest BCUT2D eigenvalue weighted by atomic mass is 16.2. The molecule has 0 radical (unpaired) electrons. The molecule has 1 aromatic heterocycles. The number of amides is 2. The van der Waals surface area contributed by atoms with Crippen LogP contribution in [0.5, 0.6) is 0 Å². The number of nitrogens with zero attached hydrogens (tertiary/aromatic N) is 2. The van der Waals surface area contributed by atoms with Crippen molar-refractivity contribution < 1.29 is 4.79 Å². The molecule has 0 spiro atoms. The van der Waals surface area contributed by atoms with E-state index in [9.17, 15) is 4.79 Å². The van der Waals surface area contributed by atoms with Crippen molar-refractivity contribution in [3.8, 4) is 0 Å². The molecule has 14 heavy (non-hydrogen) atoms.